The van der Waals surface area contributed by atoms with Crippen molar-refractivity contribution in [2.75, 3.05) is 20.2 Å². The average Bonchev–Trinajstić information content (AvgIpc) is 3.05. The highest BCUT2D eigenvalue weighted by Gasteiger charge is 2.31. The van der Waals surface area contributed by atoms with Gasteiger partial charge in [-0.15, -0.1) is 0 Å². The molecule has 9 heteroatoms. The Morgan fingerprint density at radius 2 is 1.90 bits per heavy atom. The summed E-state index contributed by atoms with van der Waals surface area (Å²) in [4.78, 5) is 40.2. The highest BCUT2D eigenvalue weighted by Crippen LogP contribution is 2.27. The van der Waals surface area contributed by atoms with E-state index in [9.17, 15) is 14.4 Å². The van der Waals surface area contributed by atoms with E-state index in [-0.39, 0.29) is 35.4 Å². The molecule has 166 valence electrons. The van der Waals surface area contributed by atoms with Crippen LogP contribution in [0.15, 0.2) is 15.4 Å². The summed E-state index contributed by atoms with van der Waals surface area (Å²) in [6.45, 7) is 4.59. The summed E-state index contributed by atoms with van der Waals surface area (Å²) < 4.78 is 17.6. The molecule has 0 bridgehead atoms. The first-order valence-corrected chi connectivity index (χ1v) is 10.7. The van der Waals surface area contributed by atoms with Crippen LogP contribution in [0.1, 0.15) is 64.6 Å². The van der Waals surface area contributed by atoms with Gasteiger partial charge in [0.25, 0.3) is 11.5 Å². The number of hydrogen-bond donors (Lipinski definition) is 0. The molecule has 0 atom stereocenters. The van der Waals surface area contributed by atoms with Crippen molar-refractivity contribution in [3.05, 3.63) is 44.7 Å². The van der Waals surface area contributed by atoms with Crippen LogP contribution in [0.5, 0.6) is 5.75 Å². The molecule has 1 aliphatic heterocycles. The van der Waals surface area contributed by atoms with Crippen LogP contribution < -0.4 is 10.3 Å². The third-order valence-electron chi connectivity index (χ3n) is 5.79. The summed E-state index contributed by atoms with van der Waals surface area (Å²) in [6, 6.07) is 1.32. The zero-order chi connectivity index (χ0) is 22.1. The maximum Gasteiger partial charge on any atom is 0.343 e. The van der Waals surface area contributed by atoms with Crippen molar-refractivity contribution >= 4 is 11.9 Å². The summed E-state index contributed by atoms with van der Waals surface area (Å²) in [7, 11) is 1.30. The minimum absolute atomic E-state index is 0.203. The number of carbonyl (C=O) groups excluding carboxylic acids is 2. The van der Waals surface area contributed by atoms with Gasteiger partial charge in [-0.05, 0) is 33.1 Å². The predicted molar refractivity (Wildman–Crippen MR) is 111 cm³/mol. The van der Waals surface area contributed by atoms with E-state index >= 15 is 0 Å². The Morgan fingerprint density at radius 3 is 2.65 bits per heavy atom. The van der Waals surface area contributed by atoms with E-state index in [1.807, 2.05) is 13.8 Å². The lowest BCUT2D eigenvalue weighted by Gasteiger charge is -2.19. The first-order valence-electron chi connectivity index (χ1n) is 10.7. The van der Waals surface area contributed by atoms with E-state index in [0.29, 0.717) is 30.9 Å². The van der Waals surface area contributed by atoms with Crippen LogP contribution >= 0.6 is 0 Å². The molecule has 0 aromatic carbocycles. The summed E-state index contributed by atoms with van der Waals surface area (Å²) in [5.74, 6) is 0.242. The fourth-order valence-corrected chi connectivity index (χ4v) is 4.32. The number of ether oxygens (including phenoxy) is 2. The Bertz CT molecular complexity index is 1070. The van der Waals surface area contributed by atoms with Crippen molar-refractivity contribution in [3.63, 3.8) is 0 Å². The van der Waals surface area contributed by atoms with Crippen molar-refractivity contribution in [1.82, 2.24) is 14.6 Å². The van der Waals surface area contributed by atoms with Gasteiger partial charge in [-0.25, -0.2) is 4.79 Å². The van der Waals surface area contributed by atoms with Crippen LogP contribution in [0.4, 0.5) is 0 Å². The van der Waals surface area contributed by atoms with Crippen molar-refractivity contribution in [3.8, 4) is 5.75 Å². The van der Waals surface area contributed by atoms with E-state index in [1.165, 1.54) is 17.7 Å². The molecule has 0 N–H and O–H groups in total. The van der Waals surface area contributed by atoms with Gasteiger partial charge in [-0.3, -0.25) is 9.59 Å². The van der Waals surface area contributed by atoms with Gasteiger partial charge in [0.2, 0.25) is 0 Å². The molecule has 2 aromatic heterocycles. The summed E-state index contributed by atoms with van der Waals surface area (Å²) in [5, 5.41) is 4.05. The zero-order valence-electron chi connectivity index (χ0n) is 18.1. The van der Waals surface area contributed by atoms with E-state index in [0.717, 1.165) is 37.0 Å². The minimum atomic E-state index is -0.565. The molecule has 0 unspecified atom stereocenters. The molecule has 0 radical (unpaired) electrons. The lowest BCUT2D eigenvalue weighted by atomic mass is 9.96. The van der Waals surface area contributed by atoms with Gasteiger partial charge in [0.05, 0.1) is 13.2 Å². The molecular formula is C22H27N3O6. The van der Waals surface area contributed by atoms with Crippen LogP contribution in [-0.4, -0.2) is 52.8 Å². The Morgan fingerprint density at radius 1 is 1.13 bits per heavy atom. The number of fused-ring (bicyclic) bond motifs is 2. The number of hydrogen-bond acceptors (Lipinski definition) is 7. The quantitative estimate of drug-likeness (QED) is 0.685. The van der Waals surface area contributed by atoms with Crippen LogP contribution in [0.3, 0.4) is 0 Å². The number of pyridine rings is 1. The summed E-state index contributed by atoms with van der Waals surface area (Å²) in [6.07, 6.45) is 3.74. The van der Waals surface area contributed by atoms with Gasteiger partial charge in [-0.1, -0.05) is 5.16 Å². The molecular weight excluding hydrogens is 402 g/mol. The average molecular weight is 429 g/mol. The number of aryl methyl sites for hydroxylation is 1. The van der Waals surface area contributed by atoms with E-state index in [1.54, 1.807) is 4.90 Å². The molecule has 0 saturated carbocycles. The molecule has 0 fully saturated rings. The van der Waals surface area contributed by atoms with Crippen molar-refractivity contribution in [2.45, 2.75) is 58.6 Å². The first kappa shape index (κ1) is 21.1. The lowest BCUT2D eigenvalue weighted by molar-refractivity contribution is 0.0591. The minimum Gasteiger partial charge on any atom is -0.490 e. The fourth-order valence-electron chi connectivity index (χ4n) is 4.32. The Hall–Kier alpha value is -3.10. The SMILES string of the molecule is COC(=O)c1c(OC(C)C)cc(=O)n2c1CCN(C(=O)c1noc3c1CCCC3)CC2. The van der Waals surface area contributed by atoms with Gasteiger partial charge in [0.15, 0.2) is 5.69 Å². The van der Waals surface area contributed by atoms with Crippen molar-refractivity contribution < 1.29 is 23.6 Å². The number of methoxy groups -OCH3 is 1. The van der Waals surface area contributed by atoms with Gasteiger partial charge in [0.1, 0.15) is 17.1 Å². The molecule has 0 saturated heterocycles. The van der Waals surface area contributed by atoms with E-state index in [4.69, 9.17) is 14.0 Å². The highest BCUT2D eigenvalue weighted by atomic mass is 16.5. The molecule has 2 aromatic rings. The van der Waals surface area contributed by atoms with Gasteiger partial charge in [-0.2, -0.15) is 0 Å². The fraction of sp³-hybridized carbons (Fsp3) is 0.545. The van der Waals surface area contributed by atoms with Crippen molar-refractivity contribution in [1.29, 1.82) is 0 Å². The molecule has 1 amide bonds. The second-order valence-electron chi connectivity index (χ2n) is 8.16. The monoisotopic (exact) mass is 429 g/mol. The van der Waals surface area contributed by atoms with Crippen LogP contribution in [0, 0.1) is 0 Å². The molecule has 4 rings (SSSR count). The summed E-state index contributed by atoms with van der Waals surface area (Å²) in [5.41, 5.74) is 1.76. The maximum atomic E-state index is 13.2. The third-order valence-corrected chi connectivity index (χ3v) is 5.79. The van der Waals surface area contributed by atoms with Crippen LogP contribution in [0.25, 0.3) is 0 Å². The molecule has 2 aliphatic rings. The summed E-state index contributed by atoms with van der Waals surface area (Å²) >= 11 is 0. The van der Waals surface area contributed by atoms with E-state index in [2.05, 4.69) is 5.16 Å². The Labute approximate surface area is 179 Å². The maximum absolute atomic E-state index is 13.2. The largest absolute Gasteiger partial charge is 0.490 e. The third kappa shape index (κ3) is 3.96. The van der Waals surface area contributed by atoms with Crippen LogP contribution in [-0.2, 0) is 30.5 Å². The highest BCUT2D eigenvalue weighted by molar-refractivity contribution is 5.95. The Balaban J connectivity index is 1.66. The van der Waals surface area contributed by atoms with Crippen LogP contribution in [0.2, 0.25) is 0 Å². The van der Waals surface area contributed by atoms with Gasteiger partial charge >= 0.3 is 5.97 Å². The molecule has 31 heavy (non-hydrogen) atoms. The normalized spacial score (nSPS) is 15.8. The predicted octanol–water partition coefficient (Wildman–Crippen LogP) is 1.99. The number of amides is 1. The van der Waals surface area contributed by atoms with Gasteiger partial charge < -0.3 is 23.5 Å². The molecule has 1 aliphatic carbocycles. The van der Waals surface area contributed by atoms with Gasteiger partial charge in [0, 0.05) is 49.8 Å². The number of aromatic nitrogens is 2. The second kappa shape index (κ2) is 8.56. The number of rotatable bonds is 4. The number of esters is 1. The van der Waals surface area contributed by atoms with E-state index < -0.39 is 5.97 Å². The molecule has 0 spiro atoms. The standard InChI is InChI=1S/C22H27N3O6/c1-13(2)30-17-12-18(26)25-11-10-24(9-8-15(25)19(17)22(28)29-3)21(27)20-14-6-4-5-7-16(14)31-23-20/h12-13H,4-11H2,1-3H3. The second-order valence-corrected chi connectivity index (χ2v) is 8.16. The topological polar surface area (TPSA) is 104 Å². The smallest absolute Gasteiger partial charge is 0.343 e. The number of nitrogens with zero attached hydrogens (tertiary/aromatic N) is 3. The Kier molecular flexibility index (Phi) is 5.84. The lowest BCUT2D eigenvalue weighted by Crippen LogP contribution is -2.35. The number of carbonyl (C=O) groups is 2. The molecule has 3 heterocycles. The first-order chi connectivity index (χ1) is 14.9. The molecule has 9 nitrogen and oxygen atoms in total. The zero-order valence-corrected chi connectivity index (χ0v) is 18.1. The van der Waals surface area contributed by atoms with Crippen molar-refractivity contribution in [2.24, 2.45) is 0 Å².